The number of pyridine rings is 1. The van der Waals surface area contributed by atoms with Crippen LogP contribution in [0.4, 0.5) is 5.69 Å². The molecule has 0 aliphatic heterocycles. The van der Waals surface area contributed by atoms with E-state index in [1.165, 1.54) is 18.5 Å². The number of hydrogen-bond donors (Lipinski definition) is 1. The first-order valence-electron chi connectivity index (χ1n) is 5.29. The molecule has 0 saturated heterocycles. The van der Waals surface area contributed by atoms with Crippen molar-refractivity contribution in [3.05, 3.63) is 53.3 Å². The van der Waals surface area contributed by atoms with E-state index in [9.17, 15) is 4.79 Å². The summed E-state index contributed by atoms with van der Waals surface area (Å²) < 4.78 is 5.15. The minimum atomic E-state index is -0.443. The van der Waals surface area contributed by atoms with Gasteiger partial charge in [0.05, 0.1) is 16.8 Å². The number of nitrogens with one attached hydrogen (secondary N) is 1. The molecule has 0 unspecified atom stereocenters. The summed E-state index contributed by atoms with van der Waals surface area (Å²) in [6.45, 7) is 0. The van der Waals surface area contributed by atoms with E-state index in [1.807, 2.05) is 7.05 Å². The van der Waals surface area contributed by atoms with Gasteiger partial charge in [-0.3, -0.25) is 4.98 Å². The third-order valence-electron chi connectivity index (χ3n) is 2.30. The Hall–Kier alpha value is -2.07. The molecule has 18 heavy (non-hydrogen) atoms. The fourth-order valence-electron chi connectivity index (χ4n) is 1.39. The Bertz CT molecular complexity index is 555. The molecule has 2 aromatic rings. The summed E-state index contributed by atoms with van der Waals surface area (Å²) in [5, 5.41) is 3.39. The van der Waals surface area contributed by atoms with Crippen LogP contribution in [0.2, 0.25) is 5.02 Å². The number of carbonyl (C=O) groups excluding carboxylic acids is 1. The maximum Gasteiger partial charge on any atom is 0.343 e. The van der Waals surface area contributed by atoms with Crippen LogP contribution in [0.1, 0.15) is 10.4 Å². The van der Waals surface area contributed by atoms with Gasteiger partial charge in [0.15, 0.2) is 5.75 Å². The van der Waals surface area contributed by atoms with Gasteiger partial charge in [-0.25, -0.2) is 4.79 Å². The standard InChI is InChI=1S/C13H11ClN2O2/c1-15-11-4-2-9(3-5-11)13(17)18-12-6-10(14)7-16-8-12/h2-8,15H,1H3. The minimum absolute atomic E-state index is 0.324. The van der Waals surface area contributed by atoms with Gasteiger partial charge in [0.1, 0.15) is 0 Å². The van der Waals surface area contributed by atoms with Gasteiger partial charge in [0.2, 0.25) is 0 Å². The molecule has 0 aliphatic rings. The first kappa shape index (κ1) is 12.4. The Balaban J connectivity index is 2.11. The number of carbonyl (C=O) groups is 1. The highest BCUT2D eigenvalue weighted by atomic mass is 35.5. The van der Waals surface area contributed by atoms with Crippen molar-refractivity contribution >= 4 is 23.3 Å². The van der Waals surface area contributed by atoms with Crippen molar-refractivity contribution < 1.29 is 9.53 Å². The number of nitrogens with zero attached hydrogens (tertiary/aromatic N) is 1. The van der Waals surface area contributed by atoms with E-state index in [4.69, 9.17) is 16.3 Å². The highest BCUT2D eigenvalue weighted by molar-refractivity contribution is 6.30. The maximum absolute atomic E-state index is 11.8. The van der Waals surface area contributed by atoms with Gasteiger partial charge < -0.3 is 10.1 Å². The quantitative estimate of drug-likeness (QED) is 0.864. The summed E-state index contributed by atoms with van der Waals surface area (Å²) in [6.07, 6.45) is 2.91. The summed E-state index contributed by atoms with van der Waals surface area (Å²) in [7, 11) is 1.81. The van der Waals surface area contributed by atoms with Gasteiger partial charge in [-0.15, -0.1) is 0 Å². The molecule has 0 saturated carbocycles. The zero-order valence-electron chi connectivity index (χ0n) is 9.68. The molecule has 4 nitrogen and oxygen atoms in total. The lowest BCUT2D eigenvalue weighted by Crippen LogP contribution is -2.08. The number of esters is 1. The van der Waals surface area contributed by atoms with Crippen molar-refractivity contribution in [3.8, 4) is 5.75 Å². The van der Waals surface area contributed by atoms with Gasteiger partial charge in [-0.05, 0) is 24.3 Å². The summed E-state index contributed by atoms with van der Waals surface area (Å²) in [6, 6.07) is 8.51. The molecule has 0 radical (unpaired) electrons. The van der Waals surface area contributed by atoms with Crippen molar-refractivity contribution in [2.24, 2.45) is 0 Å². The molecule has 92 valence electrons. The molecule has 0 spiro atoms. The average Bonchev–Trinajstić information content (AvgIpc) is 2.39. The average molecular weight is 263 g/mol. The first-order chi connectivity index (χ1) is 8.69. The van der Waals surface area contributed by atoms with Crippen molar-refractivity contribution in [2.45, 2.75) is 0 Å². The van der Waals surface area contributed by atoms with E-state index in [1.54, 1.807) is 24.3 Å². The topological polar surface area (TPSA) is 51.2 Å². The summed E-state index contributed by atoms with van der Waals surface area (Å²) in [5.41, 5.74) is 1.39. The molecule has 1 aromatic heterocycles. The molecule has 0 bridgehead atoms. The van der Waals surface area contributed by atoms with Crippen molar-refractivity contribution in [2.75, 3.05) is 12.4 Å². The van der Waals surface area contributed by atoms with E-state index in [-0.39, 0.29) is 0 Å². The Morgan fingerprint density at radius 3 is 2.61 bits per heavy atom. The molecule has 2 rings (SSSR count). The third-order valence-corrected chi connectivity index (χ3v) is 2.51. The molecule has 0 amide bonds. The van der Waals surface area contributed by atoms with Crippen LogP contribution in [0.25, 0.3) is 0 Å². The lowest BCUT2D eigenvalue weighted by Gasteiger charge is -2.05. The number of hydrogen-bond acceptors (Lipinski definition) is 4. The Morgan fingerprint density at radius 1 is 1.28 bits per heavy atom. The molecule has 1 N–H and O–H groups in total. The predicted octanol–water partition coefficient (Wildman–Crippen LogP) is 3.00. The van der Waals surface area contributed by atoms with Crippen LogP contribution < -0.4 is 10.1 Å². The first-order valence-corrected chi connectivity index (χ1v) is 5.67. The monoisotopic (exact) mass is 262 g/mol. The second-order valence-corrected chi connectivity index (χ2v) is 3.99. The van der Waals surface area contributed by atoms with E-state index >= 15 is 0 Å². The van der Waals surface area contributed by atoms with E-state index in [0.29, 0.717) is 16.3 Å². The number of anilines is 1. The lowest BCUT2D eigenvalue weighted by atomic mass is 10.2. The van der Waals surface area contributed by atoms with Gasteiger partial charge in [0.25, 0.3) is 0 Å². The third kappa shape index (κ3) is 2.99. The van der Waals surface area contributed by atoms with E-state index < -0.39 is 5.97 Å². The van der Waals surface area contributed by atoms with Crippen molar-refractivity contribution in [3.63, 3.8) is 0 Å². The van der Waals surface area contributed by atoms with Crippen molar-refractivity contribution in [1.29, 1.82) is 0 Å². The number of halogens is 1. The number of ether oxygens (including phenoxy) is 1. The second kappa shape index (κ2) is 5.51. The SMILES string of the molecule is CNc1ccc(C(=O)Oc2cncc(Cl)c2)cc1. The molecule has 1 heterocycles. The largest absolute Gasteiger partial charge is 0.421 e. The van der Waals surface area contributed by atoms with Crippen LogP contribution in [0.5, 0.6) is 5.75 Å². The molecule has 1 aromatic carbocycles. The molecule has 5 heteroatoms. The van der Waals surface area contributed by atoms with Crippen molar-refractivity contribution in [1.82, 2.24) is 4.98 Å². The number of rotatable bonds is 3. The normalized spacial score (nSPS) is 9.89. The zero-order valence-corrected chi connectivity index (χ0v) is 10.4. The minimum Gasteiger partial charge on any atom is -0.421 e. The van der Waals surface area contributed by atoms with Gasteiger partial charge in [0, 0.05) is 25.0 Å². The van der Waals surface area contributed by atoms with Crippen LogP contribution >= 0.6 is 11.6 Å². The zero-order chi connectivity index (χ0) is 13.0. The molecule has 0 atom stereocenters. The number of aromatic nitrogens is 1. The Kier molecular flexibility index (Phi) is 3.79. The molecular formula is C13H11ClN2O2. The highest BCUT2D eigenvalue weighted by Gasteiger charge is 2.08. The van der Waals surface area contributed by atoms with Gasteiger partial charge in [-0.2, -0.15) is 0 Å². The van der Waals surface area contributed by atoms with Gasteiger partial charge in [-0.1, -0.05) is 11.6 Å². The van der Waals surface area contributed by atoms with Gasteiger partial charge >= 0.3 is 5.97 Å². The fraction of sp³-hybridized carbons (Fsp3) is 0.0769. The van der Waals surface area contributed by atoms with E-state index in [0.717, 1.165) is 5.69 Å². The summed E-state index contributed by atoms with van der Waals surface area (Å²) >= 11 is 5.75. The van der Waals surface area contributed by atoms with Crippen LogP contribution in [0.3, 0.4) is 0 Å². The molecule has 0 fully saturated rings. The summed E-state index contributed by atoms with van der Waals surface area (Å²) in [5.74, 6) is -0.119. The number of benzene rings is 1. The second-order valence-electron chi connectivity index (χ2n) is 3.56. The van der Waals surface area contributed by atoms with Crippen LogP contribution in [0, 0.1) is 0 Å². The maximum atomic E-state index is 11.8. The smallest absolute Gasteiger partial charge is 0.343 e. The molecule has 0 aliphatic carbocycles. The highest BCUT2D eigenvalue weighted by Crippen LogP contribution is 2.17. The van der Waals surface area contributed by atoms with E-state index in [2.05, 4.69) is 10.3 Å². The Labute approximate surface area is 110 Å². The fourth-order valence-corrected chi connectivity index (χ4v) is 1.55. The van der Waals surface area contributed by atoms with Crippen LogP contribution in [-0.2, 0) is 0 Å². The molecular weight excluding hydrogens is 252 g/mol. The summed E-state index contributed by atoms with van der Waals surface area (Å²) in [4.78, 5) is 15.7. The lowest BCUT2D eigenvalue weighted by molar-refractivity contribution is 0.0734. The van der Waals surface area contributed by atoms with Crippen LogP contribution in [0.15, 0.2) is 42.7 Å². The predicted molar refractivity (Wildman–Crippen MR) is 70.2 cm³/mol. The Morgan fingerprint density at radius 2 is 2.00 bits per heavy atom. The van der Waals surface area contributed by atoms with Crippen LogP contribution in [-0.4, -0.2) is 18.0 Å².